The number of carbonyl (C=O) groups excluding carboxylic acids is 1. The number of nitrogens with one attached hydrogen (secondary N) is 2. The molecule has 184 valence electrons. The molecule has 9 heteroatoms. The van der Waals surface area contributed by atoms with Crippen molar-refractivity contribution >= 4 is 55.7 Å². The number of nitriles is 1. The van der Waals surface area contributed by atoms with E-state index in [1.807, 2.05) is 48.5 Å². The van der Waals surface area contributed by atoms with Gasteiger partial charge in [0.25, 0.3) is 5.91 Å². The Labute approximate surface area is 216 Å². The van der Waals surface area contributed by atoms with Crippen LogP contribution in [0.25, 0.3) is 32.6 Å². The fraction of sp³-hybridized carbons (Fsp3) is 0.0690. The van der Waals surface area contributed by atoms with E-state index in [2.05, 4.69) is 49.4 Å². The van der Waals surface area contributed by atoms with Crippen LogP contribution in [-0.2, 0) is 6.54 Å². The van der Waals surface area contributed by atoms with Gasteiger partial charge in [-0.2, -0.15) is 10.4 Å². The summed E-state index contributed by atoms with van der Waals surface area (Å²) in [6.07, 6.45) is 1.34. The average molecular weight is 500 g/mol. The number of aromatic hydroxyl groups is 1. The molecule has 0 saturated heterocycles. The number of rotatable bonds is 5. The number of para-hydroxylation sites is 1. The molecule has 9 nitrogen and oxygen atoms in total. The monoisotopic (exact) mass is 499 g/mol. The first-order valence-corrected chi connectivity index (χ1v) is 12.0. The smallest absolute Gasteiger partial charge is 0.259 e. The molecule has 0 atom stereocenters. The van der Waals surface area contributed by atoms with Crippen LogP contribution in [-0.4, -0.2) is 25.8 Å². The Balaban J connectivity index is 1.41. The zero-order chi connectivity index (χ0) is 26.2. The predicted molar refractivity (Wildman–Crippen MR) is 146 cm³/mol. The first-order chi connectivity index (χ1) is 18.6. The number of aromatic amines is 1. The lowest BCUT2D eigenvalue weighted by Gasteiger charge is -2.11. The van der Waals surface area contributed by atoms with Gasteiger partial charge in [0.15, 0.2) is 11.6 Å². The van der Waals surface area contributed by atoms with Gasteiger partial charge in [0, 0.05) is 39.4 Å². The Morgan fingerprint density at radius 2 is 1.79 bits per heavy atom. The van der Waals surface area contributed by atoms with Crippen molar-refractivity contribution in [2.45, 2.75) is 13.5 Å². The number of hydrogen-bond donors (Lipinski definition) is 3. The summed E-state index contributed by atoms with van der Waals surface area (Å²) >= 11 is 0. The van der Waals surface area contributed by atoms with Crippen molar-refractivity contribution in [3.8, 4) is 11.8 Å². The van der Waals surface area contributed by atoms with E-state index in [0.29, 0.717) is 16.5 Å². The molecule has 1 amide bonds. The lowest BCUT2D eigenvalue weighted by molar-refractivity contribution is 0.102. The van der Waals surface area contributed by atoms with Gasteiger partial charge in [0.2, 0.25) is 0 Å². The number of fused-ring (bicyclic) bond motifs is 4. The second-order valence-corrected chi connectivity index (χ2v) is 8.73. The van der Waals surface area contributed by atoms with Crippen molar-refractivity contribution in [1.82, 2.24) is 14.8 Å². The molecule has 0 radical (unpaired) electrons. The van der Waals surface area contributed by atoms with E-state index >= 15 is 0 Å². The van der Waals surface area contributed by atoms with Crippen LogP contribution in [0.5, 0.6) is 5.75 Å². The van der Waals surface area contributed by atoms with Crippen LogP contribution in [0.3, 0.4) is 0 Å². The molecular weight excluding hydrogens is 478 g/mol. The Morgan fingerprint density at radius 1 is 1.03 bits per heavy atom. The van der Waals surface area contributed by atoms with E-state index in [0.717, 1.165) is 28.4 Å². The number of azo groups is 1. The van der Waals surface area contributed by atoms with E-state index in [4.69, 9.17) is 0 Å². The molecule has 0 bridgehead atoms. The number of amides is 1. The van der Waals surface area contributed by atoms with Gasteiger partial charge in [-0.3, -0.25) is 9.89 Å². The van der Waals surface area contributed by atoms with Crippen molar-refractivity contribution < 1.29 is 9.90 Å². The molecule has 3 N–H and O–H groups in total. The number of anilines is 1. The van der Waals surface area contributed by atoms with Gasteiger partial charge in [0.05, 0.1) is 11.8 Å². The van der Waals surface area contributed by atoms with Gasteiger partial charge >= 0.3 is 0 Å². The second kappa shape index (κ2) is 9.19. The van der Waals surface area contributed by atoms with Gasteiger partial charge in [-0.1, -0.05) is 42.5 Å². The van der Waals surface area contributed by atoms with Gasteiger partial charge in [-0.25, -0.2) is 0 Å². The van der Waals surface area contributed by atoms with Crippen molar-refractivity contribution in [3.05, 3.63) is 90.1 Å². The highest BCUT2D eigenvalue weighted by Gasteiger charge is 2.19. The minimum atomic E-state index is -0.484. The number of hydrogen-bond acceptors (Lipinski definition) is 6. The van der Waals surface area contributed by atoms with Crippen LogP contribution in [0.4, 0.5) is 17.2 Å². The molecule has 0 aliphatic heterocycles. The number of phenols is 1. The molecule has 2 aromatic heterocycles. The molecule has 6 aromatic rings. The second-order valence-electron chi connectivity index (χ2n) is 8.73. The maximum atomic E-state index is 13.4. The summed E-state index contributed by atoms with van der Waals surface area (Å²) < 4.78 is 2.24. The molecule has 0 spiro atoms. The number of aromatic nitrogens is 3. The van der Waals surface area contributed by atoms with Gasteiger partial charge in [0.1, 0.15) is 17.3 Å². The molecule has 0 saturated carbocycles. The van der Waals surface area contributed by atoms with Crippen LogP contribution < -0.4 is 5.32 Å². The third-order valence-electron chi connectivity index (χ3n) is 6.58. The molecule has 38 heavy (non-hydrogen) atoms. The quantitative estimate of drug-likeness (QED) is 0.222. The molecular formula is C29H21N7O2. The summed E-state index contributed by atoms with van der Waals surface area (Å²) in [7, 11) is 0. The van der Waals surface area contributed by atoms with E-state index in [-0.39, 0.29) is 28.4 Å². The lowest BCUT2D eigenvalue weighted by atomic mass is 10.0. The number of aryl methyl sites for hydroxylation is 1. The Morgan fingerprint density at radius 3 is 2.61 bits per heavy atom. The Hall–Kier alpha value is -5.49. The SMILES string of the molecule is CCn1c2ccccc2c2cc(NC(=O)c3cc4ccccc4c(/N=N/c4[nH]ncc4C#N)c3O)ccc21. The number of nitrogens with zero attached hydrogens (tertiary/aromatic N) is 5. The first kappa shape index (κ1) is 22.9. The highest BCUT2D eigenvalue weighted by atomic mass is 16.3. The van der Waals surface area contributed by atoms with Crippen LogP contribution >= 0.6 is 0 Å². The molecule has 0 fully saturated rings. The predicted octanol–water partition coefficient (Wildman–Crippen LogP) is 6.94. The van der Waals surface area contributed by atoms with Gasteiger partial charge < -0.3 is 15.0 Å². The Bertz CT molecular complexity index is 1940. The molecule has 6 rings (SSSR count). The number of carbonyl (C=O) groups is 1. The fourth-order valence-electron chi connectivity index (χ4n) is 4.80. The maximum Gasteiger partial charge on any atom is 0.259 e. The molecule has 0 unspecified atom stereocenters. The zero-order valence-electron chi connectivity index (χ0n) is 20.3. The number of benzene rings is 4. The average Bonchev–Trinajstić information content (AvgIpc) is 3.53. The van der Waals surface area contributed by atoms with Crippen molar-refractivity contribution in [2.24, 2.45) is 10.2 Å². The third kappa shape index (κ3) is 3.72. The summed E-state index contributed by atoms with van der Waals surface area (Å²) in [4.78, 5) is 13.4. The lowest BCUT2D eigenvalue weighted by Crippen LogP contribution is -2.12. The van der Waals surface area contributed by atoms with Crippen molar-refractivity contribution in [1.29, 1.82) is 5.26 Å². The maximum absolute atomic E-state index is 13.4. The van der Waals surface area contributed by atoms with Crippen molar-refractivity contribution in [3.63, 3.8) is 0 Å². The topological polar surface area (TPSA) is 131 Å². The van der Waals surface area contributed by atoms with E-state index < -0.39 is 5.91 Å². The highest BCUT2D eigenvalue weighted by Crippen LogP contribution is 2.40. The third-order valence-corrected chi connectivity index (χ3v) is 6.58. The highest BCUT2D eigenvalue weighted by molar-refractivity contribution is 6.14. The molecule has 0 aliphatic carbocycles. The zero-order valence-corrected chi connectivity index (χ0v) is 20.3. The fourth-order valence-corrected chi connectivity index (χ4v) is 4.80. The summed E-state index contributed by atoms with van der Waals surface area (Å²) in [5.74, 6) is -0.639. The standard InChI is InChI=1S/C29H21N7O2/c1-2-36-24-10-6-5-9-21(24)22-14-19(11-12-25(22)36)32-29(38)23-13-17-7-3-4-8-20(17)26(27(23)37)33-35-28-18(15-30)16-31-34-28/h3-14,16,37H,2H2,1H3,(H,31,34)(H,32,38)/b35-33+. The van der Waals surface area contributed by atoms with Crippen molar-refractivity contribution in [2.75, 3.05) is 5.32 Å². The van der Waals surface area contributed by atoms with Crippen LogP contribution in [0.1, 0.15) is 22.8 Å². The van der Waals surface area contributed by atoms with E-state index in [1.54, 1.807) is 18.2 Å². The number of phenolic OH excluding ortho intramolecular Hbond substituents is 1. The summed E-state index contributed by atoms with van der Waals surface area (Å²) in [5, 5.41) is 41.4. The molecule has 4 aromatic carbocycles. The first-order valence-electron chi connectivity index (χ1n) is 12.0. The van der Waals surface area contributed by atoms with E-state index in [9.17, 15) is 15.2 Å². The molecule has 0 aliphatic rings. The largest absolute Gasteiger partial charge is 0.505 e. The van der Waals surface area contributed by atoms with Crippen LogP contribution in [0, 0.1) is 11.3 Å². The van der Waals surface area contributed by atoms with Crippen LogP contribution in [0.15, 0.2) is 89.2 Å². The minimum absolute atomic E-state index is 0.0545. The van der Waals surface area contributed by atoms with Gasteiger partial charge in [-0.05, 0) is 42.6 Å². The summed E-state index contributed by atoms with van der Waals surface area (Å²) in [6, 6.07) is 24.8. The summed E-state index contributed by atoms with van der Waals surface area (Å²) in [6.45, 7) is 2.93. The van der Waals surface area contributed by atoms with Crippen LogP contribution in [0.2, 0.25) is 0 Å². The minimum Gasteiger partial charge on any atom is -0.505 e. The van der Waals surface area contributed by atoms with Gasteiger partial charge in [-0.15, -0.1) is 10.2 Å². The summed E-state index contributed by atoms with van der Waals surface area (Å²) in [5.41, 5.74) is 3.21. The molecule has 2 heterocycles. The Kier molecular flexibility index (Phi) is 5.55. The normalized spacial score (nSPS) is 11.5. The van der Waals surface area contributed by atoms with E-state index in [1.165, 1.54) is 6.20 Å². The number of H-pyrrole nitrogens is 1.